The molecular formula is C29H36O3. The molecule has 0 aliphatic carbocycles. The molecule has 3 nitrogen and oxygen atoms in total. The Morgan fingerprint density at radius 2 is 0.969 bits per heavy atom. The topological polar surface area (TPSA) is 60.7 Å². The van der Waals surface area contributed by atoms with Gasteiger partial charge in [-0.15, -0.1) is 0 Å². The minimum atomic E-state index is -0.418. The third-order valence-electron chi connectivity index (χ3n) is 6.38. The van der Waals surface area contributed by atoms with E-state index in [1.54, 1.807) is 24.3 Å². The lowest BCUT2D eigenvalue weighted by atomic mass is 9.69. The van der Waals surface area contributed by atoms with Crippen molar-refractivity contribution in [2.75, 3.05) is 0 Å². The van der Waals surface area contributed by atoms with Gasteiger partial charge in [-0.1, -0.05) is 84.9 Å². The maximum atomic E-state index is 10.6. The summed E-state index contributed by atoms with van der Waals surface area (Å²) < 4.78 is 0. The first kappa shape index (κ1) is 23.7. The summed E-state index contributed by atoms with van der Waals surface area (Å²) in [4.78, 5) is 0. The van der Waals surface area contributed by atoms with E-state index in [1.807, 2.05) is 24.3 Å². The summed E-state index contributed by atoms with van der Waals surface area (Å²) in [6.07, 6.45) is 0.704. The predicted molar refractivity (Wildman–Crippen MR) is 132 cm³/mol. The largest absolute Gasteiger partial charge is 0.508 e. The third kappa shape index (κ3) is 4.77. The summed E-state index contributed by atoms with van der Waals surface area (Å²) in [5.74, 6) is 0.846. The minimum absolute atomic E-state index is 0.203. The zero-order chi connectivity index (χ0) is 23.9. The van der Waals surface area contributed by atoms with Crippen molar-refractivity contribution in [1.29, 1.82) is 0 Å². The zero-order valence-electron chi connectivity index (χ0n) is 20.3. The van der Waals surface area contributed by atoms with E-state index in [0.717, 1.165) is 27.8 Å². The van der Waals surface area contributed by atoms with E-state index in [4.69, 9.17) is 0 Å². The highest BCUT2D eigenvalue weighted by Crippen LogP contribution is 2.42. The van der Waals surface area contributed by atoms with Crippen LogP contribution in [0.5, 0.6) is 17.2 Å². The van der Waals surface area contributed by atoms with Crippen LogP contribution in [0.2, 0.25) is 0 Å². The van der Waals surface area contributed by atoms with Crippen LogP contribution in [-0.4, -0.2) is 15.3 Å². The fourth-order valence-corrected chi connectivity index (χ4v) is 4.35. The normalized spacial score (nSPS) is 12.7. The quantitative estimate of drug-likeness (QED) is 0.418. The summed E-state index contributed by atoms with van der Waals surface area (Å²) >= 11 is 0. The first-order valence-corrected chi connectivity index (χ1v) is 11.2. The van der Waals surface area contributed by atoms with Crippen LogP contribution in [-0.2, 0) is 22.7 Å². The molecule has 0 bridgehead atoms. The highest BCUT2D eigenvalue weighted by Gasteiger charge is 2.33. The van der Waals surface area contributed by atoms with Crippen LogP contribution in [0.4, 0.5) is 0 Å². The van der Waals surface area contributed by atoms with Gasteiger partial charge in [0.15, 0.2) is 0 Å². The van der Waals surface area contributed by atoms with Crippen molar-refractivity contribution in [3.8, 4) is 17.2 Å². The summed E-state index contributed by atoms with van der Waals surface area (Å²) in [5.41, 5.74) is 4.27. The molecule has 0 saturated heterocycles. The summed E-state index contributed by atoms with van der Waals surface area (Å²) in [6.45, 7) is 14.8. The smallest absolute Gasteiger partial charge is 0.119 e. The molecule has 0 amide bonds. The molecule has 0 aliphatic heterocycles. The van der Waals surface area contributed by atoms with Gasteiger partial charge in [0.05, 0.1) is 0 Å². The molecule has 3 rings (SSSR count). The minimum Gasteiger partial charge on any atom is -0.508 e. The molecule has 3 heteroatoms. The maximum absolute atomic E-state index is 10.6. The van der Waals surface area contributed by atoms with Crippen LogP contribution in [0, 0.1) is 0 Å². The summed E-state index contributed by atoms with van der Waals surface area (Å²) in [6, 6.07) is 19.1. The van der Waals surface area contributed by atoms with Crippen molar-refractivity contribution < 1.29 is 15.3 Å². The summed E-state index contributed by atoms with van der Waals surface area (Å²) in [7, 11) is 0. The SMILES string of the molecule is CC(C)(C)c1cc(C(C)(Cc2ccc(O)cc2)c2ccc(O)c(C(C)(C)C)c2)ccc1O. The van der Waals surface area contributed by atoms with Gasteiger partial charge in [0, 0.05) is 5.41 Å². The van der Waals surface area contributed by atoms with E-state index < -0.39 is 5.41 Å². The van der Waals surface area contributed by atoms with Crippen molar-refractivity contribution in [2.24, 2.45) is 0 Å². The van der Waals surface area contributed by atoms with Gasteiger partial charge >= 0.3 is 0 Å². The van der Waals surface area contributed by atoms with Gasteiger partial charge in [-0.05, 0) is 69.3 Å². The number of rotatable bonds is 4. The number of phenolic OH excluding ortho intramolecular Hbond substituents is 3. The molecule has 3 aromatic carbocycles. The lowest BCUT2D eigenvalue weighted by Gasteiger charge is -2.34. The van der Waals surface area contributed by atoms with Crippen LogP contribution in [0.25, 0.3) is 0 Å². The fraction of sp³-hybridized carbons (Fsp3) is 0.379. The molecule has 0 atom stereocenters. The van der Waals surface area contributed by atoms with Crippen molar-refractivity contribution in [2.45, 2.75) is 71.1 Å². The molecule has 3 N–H and O–H groups in total. The average Bonchev–Trinajstić information content (AvgIpc) is 2.68. The van der Waals surface area contributed by atoms with Crippen LogP contribution < -0.4 is 0 Å². The molecule has 3 aromatic rings. The lowest BCUT2D eigenvalue weighted by Crippen LogP contribution is -2.28. The second-order valence-corrected chi connectivity index (χ2v) is 11.1. The maximum Gasteiger partial charge on any atom is 0.119 e. The highest BCUT2D eigenvalue weighted by molar-refractivity contribution is 5.51. The highest BCUT2D eigenvalue weighted by atomic mass is 16.3. The van der Waals surface area contributed by atoms with Crippen molar-refractivity contribution >= 4 is 0 Å². The van der Waals surface area contributed by atoms with Crippen LogP contribution in [0.1, 0.15) is 76.3 Å². The van der Waals surface area contributed by atoms with Gasteiger partial charge < -0.3 is 15.3 Å². The molecule has 0 aliphatic rings. The Balaban J connectivity index is 2.25. The lowest BCUT2D eigenvalue weighted by molar-refractivity contribution is 0.442. The predicted octanol–water partition coefficient (Wildman–Crippen LogP) is 6.95. The second kappa shape index (κ2) is 8.20. The molecule has 0 aromatic heterocycles. The molecule has 170 valence electrons. The number of hydrogen-bond donors (Lipinski definition) is 3. The Morgan fingerprint density at radius 1 is 0.562 bits per heavy atom. The van der Waals surface area contributed by atoms with E-state index in [-0.39, 0.29) is 16.6 Å². The molecule has 0 spiro atoms. The van der Waals surface area contributed by atoms with E-state index in [9.17, 15) is 15.3 Å². The van der Waals surface area contributed by atoms with Crippen molar-refractivity contribution in [3.63, 3.8) is 0 Å². The monoisotopic (exact) mass is 432 g/mol. The van der Waals surface area contributed by atoms with Gasteiger partial charge in [0.25, 0.3) is 0 Å². The Hall–Kier alpha value is -2.94. The zero-order valence-corrected chi connectivity index (χ0v) is 20.3. The second-order valence-electron chi connectivity index (χ2n) is 11.1. The van der Waals surface area contributed by atoms with Gasteiger partial charge in [-0.3, -0.25) is 0 Å². The Labute approximate surface area is 192 Å². The molecule has 0 unspecified atom stereocenters. The molecule has 0 heterocycles. The Kier molecular flexibility index (Phi) is 6.08. The summed E-state index contributed by atoms with van der Waals surface area (Å²) in [5, 5.41) is 30.9. The number of hydrogen-bond acceptors (Lipinski definition) is 3. The first-order valence-electron chi connectivity index (χ1n) is 11.2. The van der Waals surface area contributed by atoms with Gasteiger partial charge in [0.1, 0.15) is 17.2 Å². The van der Waals surface area contributed by atoms with Crippen molar-refractivity contribution in [1.82, 2.24) is 0 Å². The molecule has 32 heavy (non-hydrogen) atoms. The molecule has 0 saturated carbocycles. The van der Waals surface area contributed by atoms with Crippen LogP contribution in [0.3, 0.4) is 0 Å². The van der Waals surface area contributed by atoms with Gasteiger partial charge in [-0.25, -0.2) is 0 Å². The third-order valence-corrected chi connectivity index (χ3v) is 6.38. The molecular weight excluding hydrogens is 396 g/mol. The van der Waals surface area contributed by atoms with E-state index >= 15 is 0 Å². The molecule has 0 fully saturated rings. The number of aromatic hydroxyl groups is 3. The van der Waals surface area contributed by atoms with E-state index in [0.29, 0.717) is 17.9 Å². The molecule has 0 radical (unpaired) electrons. The standard InChI is InChI=1S/C29H36O3/c1-27(2,3)23-16-20(10-14-25(23)31)29(7,18-19-8-12-22(30)13-9-19)21-11-15-26(32)24(17-21)28(4,5)6/h8-17,30-32H,18H2,1-7H3. The van der Waals surface area contributed by atoms with Gasteiger partial charge in [0.2, 0.25) is 0 Å². The van der Waals surface area contributed by atoms with Crippen molar-refractivity contribution in [3.05, 3.63) is 88.5 Å². The number of phenols is 3. The van der Waals surface area contributed by atoms with E-state index in [1.165, 1.54) is 0 Å². The average molecular weight is 433 g/mol. The van der Waals surface area contributed by atoms with Gasteiger partial charge in [-0.2, -0.15) is 0 Å². The number of benzene rings is 3. The Morgan fingerprint density at radius 3 is 1.34 bits per heavy atom. The Bertz CT molecular complexity index is 1030. The fourth-order valence-electron chi connectivity index (χ4n) is 4.35. The van der Waals surface area contributed by atoms with Crippen LogP contribution in [0.15, 0.2) is 60.7 Å². The van der Waals surface area contributed by atoms with E-state index in [2.05, 4.69) is 60.6 Å². The van der Waals surface area contributed by atoms with Crippen LogP contribution >= 0.6 is 0 Å². The first-order chi connectivity index (χ1) is 14.7.